The van der Waals surface area contributed by atoms with Gasteiger partial charge in [-0.3, -0.25) is 4.68 Å². The summed E-state index contributed by atoms with van der Waals surface area (Å²) in [6, 6.07) is 7.55. The second-order valence-electron chi connectivity index (χ2n) is 4.40. The van der Waals surface area contributed by atoms with Crippen molar-refractivity contribution in [3.8, 4) is 0 Å². The number of hydrogen-bond donors (Lipinski definition) is 1. The molecule has 0 aliphatic carbocycles. The number of nitrogens with zero attached hydrogens (tertiary/aromatic N) is 3. The van der Waals surface area contributed by atoms with Gasteiger partial charge in [-0.25, -0.2) is 4.98 Å². The minimum Gasteiger partial charge on any atom is -0.431 e. The Labute approximate surface area is 114 Å². The minimum atomic E-state index is 0.652. The van der Waals surface area contributed by atoms with E-state index in [-0.39, 0.29) is 0 Å². The Morgan fingerprint density at radius 3 is 2.95 bits per heavy atom. The predicted octanol–water partition coefficient (Wildman–Crippen LogP) is 2.74. The van der Waals surface area contributed by atoms with Crippen molar-refractivity contribution in [3.63, 3.8) is 0 Å². The standard InChI is InChI=1S/C13H14N4OS/c1-8-5-10(17(2)16-8)7-19-13-15-11-4-3-9(14)6-12(11)18-13/h3-6H,7,14H2,1-2H3. The molecule has 0 fully saturated rings. The molecule has 0 bridgehead atoms. The van der Waals surface area contributed by atoms with E-state index in [1.807, 2.05) is 30.8 Å². The highest BCUT2D eigenvalue weighted by molar-refractivity contribution is 7.98. The smallest absolute Gasteiger partial charge is 0.257 e. The van der Waals surface area contributed by atoms with Crippen molar-refractivity contribution in [2.24, 2.45) is 7.05 Å². The van der Waals surface area contributed by atoms with E-state index in [2.05, 4.69) is 16.1 Å². The maximum atomic E-state index is 5.71. The third-order valence-electron chi connectivity index (χ3n) is 2.84. The van der Waals surface area contributed by atoms with Gasteiger partial charge in [0, 0.05) is 30.2 Å². The molecule has 19 heavy (non-hydrogen) atoms. The molecule has 0 atom stereocenters. The van der Waals surface area contributed by atoms with Crippen molar-refractivity contribution >= 4 is 28.5 Å². The first-order valence-corrected chi connectivity index (χ1v) is 6.89. The Kier molecular flexibility index (Phi) is 2.94. The lowest BCUT2D eigenvalue weighted by Crippen LogP contribution is -1.96. The summed E-state index contributed by atoms with van der Waals surface area (Å²) in [6.07, 6.45) is 0. The van der Waals surface area contributed by atoms with Crippen LogP contribution in [0.25, 0.3) is 11.1 Å². The third-order valence-corrected chi connectivity index (χ3v) is 3.70. The third kappa shape index (κ3) is 2.44. The molecule has 1 aromatic carbocycles. The maximum Gasteiger partial charge on any atom is 0.257 e. The SMILES string of the molecule is Cc1cc(CSc2nc3ccc(N)cc3o2)n(C)n1. The number of aryl methyl sites for hydroxylation is 2. The number of rotatable bonds is 3. The summed E-state index contributed by atoms with van der Waals surface area (Å²) < 4.78 is 7.54. The van der Waals surface area contributed by atoms with Gasteiger partial charge >= 0.3 is 0 Å². The van der Waals surface area contributed by atoms with Crippen LogP contribution in [0.3, 0.4) is 0 Å². The van der Waals surface area contributed by atoms with Crippen LogP contribution in [0.15, 0.2) is 33.9 Å². The molecule has 0 aliphatic rings. The van der Waals surface area contributed by atoms with E-state index >= 15 is 0 Å². The van der Waals surface area contributed by atoms with Gasteiger partial charge in [0.1, 0.15) is 5.52 Å². The molecule has 0 spiro atoms. The van der Waals surface area contributed by atoms with Crippen molar-refractivity contribution in [3.05, 3.63) is 35.7 Å². The number of nitrogen functional groups attached to an aromatic ring is 1. The monoisotopic (exact) mass is 274 g/mol. The van der Waals surface area contributed by atoms with Crippen molar-refractivity contribution in [1.82, 2.24) is 14.8 Å². The quantitative estimate of drug-likeness (QED) is 0.587. The van der Waals surface area contributed by atoms with E-state index in [0.29, 0.717) is 10.9 Å². The number of nitrogens with two attached hydrogens (primary N) is 1. The summed E-state index contributed by atoms with van der Waals surface area (Å²) in [5.41, 5.74) is 10.1. The van der Waals surface area contributed by atoms with Crippen LogP contribution in [0, 0.1) is 6.92 Å². The number of fused-ring (bicyclic) bond motifs is 1. The molecule has 0 saturated carbocycles. The molecule has 98 valence electrons. The summed E-state index contributed by atoms with van der Waals surface area (Å²) in [7, 11) is 1.94. The topological polar surface area (TPSA) is 69.9 Å². The second kappa shape index (κ2) is 4.62. The fraction of sp³-hybridized carbons (Fsp3) is 0.231. The van der Waals surface area contributed by atoms with E-state index in [0.717, 1.165) is 28.2 Å². The molecule has 2 N–H and O–H groups in total. The number of benzene rings is 1. The van der Waals surface area contributed by atoms with E-state index in [4.69, 9.17) is 10.2 Å². The molecule has 0 aliphatic heterocycles. The Morgan fingerprint density at radius 1 is 1.37 bits per heavy atom. The zero-order chi connectivity index (χ0) is 13.4. The zero-order valence-electron chi connectivity index (χ0n) is 10.8. The van der Waals surface area contributed by atoms with Crippen LogP contribution in [0.5, 0.6) is 0 Å². The first-order valence-electron chi connectivity index (χ1n) is 5.90. The summed E-state index contributed by atoms with van der Waals surface area (Å²) in [5.74, 6) is 0.777. The normalized spacial score (nSPS) is 11.3. The molecule has 6 heteroatoms. The van der Waals surface area contributed by atoms with Crippen molar-refractivity contribution in [2.75, 3.05) is 5.73 Å². The molecule has 3 aromatic rings. The second-order valence-corrected chi connectivity index (χ2v) is 5.32. The summed E-state index contributed by atoms with van der Waals surface area (Å²) in [4.78, 5) is 4.42. The van der Waals surface area contributed by atoms with Crippen LogP contribution in [-0.4, -0.2) is 14.8 Å². The van der Waals surface area contributed by atoms with Gasteiger partial charge in [-0.2, -0.15) is 5.10 Å². The lowest BCUT2D eigenvalue weighted by atomic mass is 10.3. The Morgan fingerprint density at radius 2 is 2.21 bits per heavy atom. The van der Waals surface area contributed by atoms with Gasteiger partial charge in [0.2, 0.25) is 0 Å². The van der Waals surface area contributed by atoms with Gasteiger partial charge in [-0.15, -0.1) is 0 Å². The van der Waals surface area contributed by atoms with Gasteiger partial charge in [0.25, 0.3) is 5.22 Å². The number of aromatic nitrogens is 3. The molecule has 2 aromatic heterocycles. The molecule has 0 saturated heterocycles. The van der Waals surface area contributed by atoms with Crippen LogP contribution in [0.1, 0.15) is 11.4 Å². The lowest BCUT2D eigenvalue weighted by molar-refractivity contribution is 0.489. The molecule has 0 radical (unpaired) electrons. The largest absolute Gasteiger partial charge is 0.431 e. The highest BCUT2D eigenvalue weighted by Gasteiger charge is 2.09. The van der Waals surface area contributed by atoms with Gasteiger partial charge in [-0.1, -0.05) is 11.8 Å². The molecule has 0 unspecified atom stereocenters. The van der Waals surface area contributed by atoms with E-state index in [1.54, 1.807) is 17.8 Å². The summed E-state index contributed by atoms with van der Waals surface area (Å²) >= 11 is 1.55. The van der Waals surface area contributed by atoms with Crippen LogP contribution >= 0.6 is 11.8 Å². The van der Waals surface area contributed by atoms with E-state index < -0.39 is 0 Å². The van der Waals surface area contributed by atoms with Crippen LogP contribution in [0.4, 0.5) is 5.69 Å². The molecular weight excluding hydrogens is 260 g/mol. The van der Waals surface area contributed by atoms with Crippen molar-refractivity contribution in [1.29, 1.82) is 0 Å². The molecule has 2 heterocycles. The van der Waals surface area contributed by atoms with Crippen LogP contribution in [0.2, 0.25) is 0 Å². The molecule has 5 nitrogen and oxygen atoms in total. The number of hydrogen-bond acceptors (Lipinski definition) is 5. The van der Waals surface area contributed by atoms with Crippen LogP contribution < -0.4 is 5.73 Å². The first kappa shape index (κ1) is 12.1. The average Bonchev–Trinajstić information content (AvgIpc) is 2.89. The Balaban J connectivity index is 1.80. The van der Waals surface area contributed by atoms with Gasteiger partial charge < -0.3 is 10.2 Å². The fourth-order valence-electron chi connectivity index (χ4n) is 1.92. The van der Waals surface area contributed by atoms with Gasteiger partial charge in [0.05, 0.1) is 5.69 Å². The maximum absolute atomic E-state index is 5.71. The number of anilines is 1. The first-order chi connectivity index (χ1) is 9.11. The van der Waals surface area contributed by atoms with E-state index in [1.165, 1.54) is 0 Å². The molecule has 3 rings (SSSR count). The summed E-state index contributed by atoms with van der Waals surface area (Å²) in [5, 5.41) is 4.97. The summed E-state index contributed by atoms with van der Waals surface area (Å²) in [6.45, 7) is 1.98. The number of oxazole rings is 1. The Bertz CT molecular complexity index is 731. The highest BCUT2D eigenvalue weighted by Crippen LogP contribution is 2.27. The van der Waals surface area contributed by atoms with Crippen molar-refractivity contribution < 1.29 is 4.42 Å². The van der Waals surface area contributed by atoms with Crippen molar-refractivity contribution in [2.45, 2.75) is 17.9 Å². The number of thioether (sulfide) groups is 1. The molecule has 0 amide bonds. The highest BCUT2D eigenvalue weighted by atomic mass is 32.2. The lowest BCUT2D eigenvalue weighted by Gasteiger charge is -1.97. The average molecular weight is 274 g/mol. The van der Waals surface area contributed by atoms with Gasteiger partial charge in [0.15, 0.2) is 5.58 Å². The fourth-order valence-corrected chi connectivity index (χ4v) is 2.77. The van der Waals surface area contributed by atoms with Crippen LogP contribution in [-0.2, 0) is 12.8 Å². The van der Waals surface area contributed by atoms with E-state index in [9.17, 15) is 0 Å². The molecular formula is C13H14N4OS. The van der Waals surface area contributed by atoms with Gasteiger partial charge in [-0.05, 0) is 25.1 Å². The zero-order valence-corrected chi connectivity index (χ0v) is 11.6. The predicted molar refractivity (Wildman–Crippen MR) is 75.9 cm³/mol. The minimum absolute atomic E-state index is 0.652. The Hall–Kier alpha value is -1.95.